The maximum Gasteiger partial charge on any atom is 0.411 e. The molecule has 0 atom stereocenters. The summed E-state index contributed by atoms with van der Waals surface area (Å²) in [7, 11) is 1.92. The van der Waals surface area contributed by atoms with Crippen molar-refractivity contribution in [2.75, 3.05) is 17.7 Å². The summed E-state index contributed by atoms with van der Waals surface area (Å²) in [6, 6.07) is 12.2. The number of nitrogens with one attached hydrogen (secondary N) is 3. The van der Waals surface area contributed by atoms with Gasteiger partial charge in [-0.25, -0.2) is 9.78 Å². The van der Waals surface area contributed by atoms with Gasteiger partial charge in [-0.05, 0) is 103 Å². The maximum absolute atomic E-state index is 12.1. The van der Waals surface area contributed by atoms with Crippen LogP contribution >= 0.6 is 23.3 Å². The number of rotatable bonds is 9. The van der Waals surface area contributed by atoms with Gasteiger partial charge >= 0.3 is 6.09 Å². The molecule has 39 heavy (non-hydrogen) atoms. The van der Waals surface area contributed by atoms with E-state index in [4.69, 9.17) is 9.72 Å². The number of ether oxygens (including phenoxy) is 2. The number of thiazole rings is 1. The first-order valence-corrected chi connectivity index (χ1v) is 14.4. The van der Waals surface area contributed by atoms with E-state index in [2.05, 4.69) is 66.0 Å². The average Bonchev–Trinajstić information content (AvgIpc) is 3.31. The van der Waals surface area contributed by atoms with Crippen LogP contribution in [0.15, 0.2) is 47.5 Å². The number of aryl methyl sites for hydroxylation is 1. The number of nitrogens with zero attached hydrogens (tertiary/aromatic N) is 1. The fourth-order valence-electron chi connectivity index (χ4n) is 3.15. The molecule has 3 rings (SSSR count). The lowest BCUT2D eigenvalue weighted by molar-refractivity contribution is -0.131. The van der Waals surface area contributed by atoms with Crippen LogP contribution in [-0.2, 0) is 14.3 Å². The van der Waals surface area contributed by atoms with Crippen molar-refractivity contribution in [3.63, 3.8) is 0 Å². The molecular weight excluding hydrogens is 532 g/mol. The molecule has 1 amide bonds. The second-order valence-electron chi connectivity index (χ2n) is 10.3. The predicted molar refractivity (Wildman–Crippen MR) is 164 cm³/mol. The quantitative estimate of drug-likeness (QED) is 0.177. The molecule has 0 saturated carbocycles. The fraction of sp³-hybridized carbons (Fsp3) is 0.414. The van der Waals surface area contributed by atoms with E-state index in [1.54, 1.807) is 37.1 Å². The average molecular weight is 573 g/mol. The van der Waals surface area contributed by atoms with Gasteiger partial charge in [-0.3, -0.25) is 14.8 Å². The van der Waals surface area contributed by atoms with Crippen LogP contribution in [0.1, 0.15) is 54.0 Å². The molecule has 8 nitrogen and oxygen atoms in total. The molecule has 0 fully saturated rings. The van der Waals surface area contributed by atoms with Gasteiger partial charge in [0.25, 0.3) is 6.47 Å². The summed E-state index contributed by atoms with van der Waals surface area (Å²) < 4.78 is 13.1. The van der Waals surface area contributed by atoms with Crippen molar-refractivity contribution in [3.05, 3.63) is 48.2 Å². The standard InChI is InChI=1S/C25H32N4O2S2.C4H8O2/c1-15(2)31-24(30)28-18-9-11-20(21(13-18)33-29-25(4,5)6)22-14-27-23(32-22)19-10-8-17(26-7)12-16(19)3;1-4(2)6-3-5/h8-15,26,29H,1-7H3,(H,28,30);3-4H,1-2H3. The van der Waals surface area contributed by atoms with Crippen LogP contribution in [-0.4, -0.2) is 42.3 Å². The smallest absolute Gasteiger partial charge is 0.411 e. The molecule has 212 valence electrons. The van der Waals surface area contributed by atoms with Gasteiger partial charge in [-0.15, -0.1) is 11.3 Å². The highest BCUT2D eigenvalue weighted by molar-refractivity contribution is 7.97. The number of hydrogen-bond donors (Lipinski definition) is 3. The Kier molecular flexibility index (Phi) is 12.3. The highest BCUT2D eigenvalue weighted by Gasteiger charge is 2.17. The number of carbonyl (C=O) groups is 2. The van der Waals surface area contributed by atoms with Gasteiger partial charge in [0, 0.05) is 46.2 Å². The summed E-state index contributed by atoms with van der Waals surface area (Å²) in [6.07, 6.45) is 1.31. The Labute approximate surface area is 240 Å². The third-order valence-electron chi connectivity index (χ3n) is 4.88. The van der Waals surface area contributed by atoms with E-state index < -0.39 is 6.09 Å². The number of carbonyl (C=O) groups excluding carboxylic acids is 2. The lowest BCUT2D eigenvalue weighted by Crippen LogP contribution is -2.29. The predicted octanol–water partition coefficient (Wildman–Crippen LogP) is 7.75. The van der Waals surface area contributed by atoms with Gasteiger partial charge in [0.15, 0.2) is 0 Å². The molecule has 0 spiro atoms. The van der Waals surface area contributed by atoms with Crippen LogP contribution in [0.2, 0.25) is 0 Å². The first-order chi connectivity index (χ1) is 18.3. The van der Waals surface area contributed by atoms with Crippen LogP contribution in [0, 0.1) is 6.92 Å². The van der Waals surface area contributed by atoms with Crippen LogP contribution in [0.4, 0.5) is 16.2 Å². The number of amides is 1. The van der Waals surface area contributed by atoms with Gasteiger partial charge in [0.2, 0.25) is 0 Å². The van der Waals surface area contributed by atoms with Gasteiger partial charge in [0.05, 0.1) is 17.1 Å². The summed E-state index contributed by atoms with van der Waals surface area (Å²) in [5, 5.41) is 6.97. The minimum absolute atomic E-state index is 0.0301. The van der Waals surface area contributed by atoms with Crippen molar-refractivity contribution in [1.82, 2.24) is 9.71 Å². The van der Waals surface area contributed by atoms with Crippen molar-refractivity contribution < 1.29 is 19.1 Å². The largest absolute Gasteiger partial charge is 0.465 e. The topological polar surface area (TPSA) is 102 Å². The van der Waals surface area contributed by atoms with Gasteiger partial charge < -0.3 is 14.8 Å². The van der Waals surface area contributed by atoms with Crippen molar-refractivity contribution in [2.24, 2.45) is 0 Å². The highest BCUT2D eigenvalue weighted by Crippen LogP contribution is 2.39. The van der Waals surface area contributed by atoms with Gasteiger partial charge in [-0.2, -0.15) is 0 Å². The Morgan fingerprint density at radius 1 is 1.03 bits per heavy atom. The Morgan fingerprint density at radius 2 is 1.69 bits per heavy atom. The Morgan fingerprint density at radius 3 is 2.23 bits per heavy atom. The number of hydrogen-bond acceptors (Lipinski definition) is 9. The van der Waals surface area contributed by atoms with Crippen molar-refractivity contribution >= 4 is 47.2 Å². The van der Waals surface area contributed by atoms with E-state index in [9.17, 15) is 9.59 Å². The molecule has 0 aliphatic carbocycles. The summed E-state index contributed by atoms with van der Waals surface area (Å²) in [6.45, 7) is 16.1. The molecule has 0 saturated heterocycles. The van der Waals surface area contributed by atoms with E-state index in [1.165, 1.54) is 5.56 Å². The van der Waals surface area contributed by atoms with Crippen LogP contribution in [0.3, 0.4) is 0 Å². The third-order valence-corrected chi connectivity index (χ3v) is 7.22. The molecule has 2 aromatic carbocycles. The molecular formula is C29H40N4O4S2. The number of anilines is 2. The molecule has 0 unspecified atom stereocenters. The monoisotopic (exact) mass is 572 g/mol. The maximum atomic E-state index is 12.1. The van der Waals surface area contributed by atoms with Crippen LogP contribution < -0.4 is 15.4 Å². The number of benzene rings is 2. The van der Waals surface area contributed by atoms with Gasteiger partial charge in [-0.1, -0.05) is 6.07 Å². The first kappa shape index (κ1) is 32.1. The summed E-state index contributed by atoms with van der Waals surface area (Å²) in [5.41, 5.74) is 5.06. The Hall–Kier alpha value is -3.08. The molecule has 1 aromatic heterocycles. The van der Waals surface area contributed by atoms with E-state index in [1.807, 2.05) is 45.3 Å². The Balaban J connectivity index is 0.000000798. The fourth-order valence-corrected chi connectivity index (χ4v) is 5.15. The van der Waals surface area contributed by atoms with Crippen molar-refractivity contribution in [1.29, 1.82) is 0 Å². The van der Waals surface area contributed by atoms with Crippen molar-refractivity contribution in [2.45, 2.75) is 78.0 Å². The van der Waals surface area contributed by atoms with E-state index >= 15 is 0 Å². The molecule has 0 aliphatic heterocycles. The third kappa shape index (κ3) is 10.9. The van der Waals surface area contributed by atoms with Crippen molar-refractivity contribution in [3.8, 4) is 21.0 Å². The van der Waals surface area contributed by atoms with E-state index in [-0.39, 0.29) is 17.7 Å². The second kappa shape index (κ2) is 14.9. The zero-order valence-corrected chi connectivity index (χ0v) is 25.8. The van der Waals surface area contributed by atoms with E-state index in [0.717, 1.165) is 31.6 Å². The zero-order valence-electron chi connectivity index (χ0n) is 24.2. The SMILES string of the molecule is CC(C)OC=O.CNc1ccc(-c2ncc(-c3ccc(NC(=O)OC(C)C)cc3SNC(C)(C)C)s2)c(C)c1. The minimum atomic E-state index is -0.460. The Bertz CT molecular complexity index is 1240. The summed E-state index contributed by atoms with van der Waals surface area (Å²) in [5.74, 6) is 0. The normalized spacial score (nSPS) is 11.1. The van der Waals surface area contributed by atoms with Crippen LogP contribution in [0.5, 0.6) is 0 Å². The molecule has 0 aliphatic rings. The summed E-state index contributed by atoms with van der Waals surface area (Å²) in [4.78, 5) is 28.3. The molecule has 0 bridgehead atoms. The molecule has 3 N–H and O–H groups in total. The molecule has 1 heterocycles. The molecule has 3 aromatic rings. The molecule has 10 heteroatoms. The number of aromatic nitrogens is 1. The zero-order chi connectivity index (χ0) is 29.2. The minimum Gasteiger partial charge on any atom is -0.465 e. The summed E-state index contributed by atoms with van der Waals surface area (Å²) >= 11 is 3.20. The second-order valence-corrected chi connectivity index (χ2v) is 12.2. The first-order valence-electron chi connectivity index (χ1n) is 12.7. The van der Waals surface area contributed by atoms with Gasteiger partial charge in [0.1, 0.15) is 5.01 Å². The molecule has 0 radical (unpaired) electrons. The van der Waals surface area contributed by atoms with E-state index in [0.29, 0.717) is 12.2 Å². The lowest BCUT2D eigenvalue weighted by Gasteiger charge is -2.21. The lowest BCUT2D eigenvalue weighted by atomic mass is 10.1. The van der Waals surface area contributed by atoms with Crippen LogP contribution in [0.25, 0.3) is 21.0 Å². The highest BCUT2D eigenvalue weighted by atomic mass is 32.2.